The van der Waals surface area contributed by atoms with E-state index in [0.29, 0.717) is 23.9 Å². The van der Waals surface area contributed by atoms with Crippen molar-refractivity contribution in [1.29, 1.82) is 0 Å². The zero-order chi connectivity index (χ0) is 18.5. The summed E-state index contributed by atoms with van der Waals surface area (Å²) in [4.78, 5) is 18.8. The average molecular weight is 354 g/mol. The number of nitroso groups, excluding NO2 is 1. The molecule has 1 aliphatic heterocycles. The van der Waals surface area contributed by atoms with Gasteiger partial charge >= 0.3 is 5.96 Å². The van der Waals surface area contributed by atoms with Crippen LogP contribution in [-0.2, 0) is 0 Å². The minimum absolute atomic E-state index is 0.156. The van der Waals surface area contributed by atoms with Crippen LogP contribution in [0, 0.1) is 11.8 Å². The van der Waals surface area contributed by atoms with E-state index in [9.17, 15) is 10.0 Å². The van der Waals surface area contributed by atoms with E-state index in [2.05, 4.69) is 4.99 Å². The smallest absolute Gasteiger partial charge is 0.436 e. The molecule has 0 bridgehead atoms. The summed E-state index contributed by atoms with van der Waals surface area (Å²) < 4.78 is 6.50. The third-order valence-electron chi connectivity index (χ3n) is 4.14. The van der Waals surface area contributed by atoms with Crippen LogP contribution < -0.4 is 4.74 Å². The Morgan fingerprint density at radius 2 is 2.04 bits per heavy atom. The quantitative estimate of drug-likeness (QED) is 0.772. The summed E-state index contributed by atoms with van der Waals surface area (Å²) >= 11 is 0. The Morgan fingerprint density at radius 1 is 1.23 bits per heavy atom. The Bertz CT molecular complexity index is 819. The molecule has 1 unspecified atom stereocenters. The fraction of sp³-hybridized carbons (Fsp3) is 0.350. The summed E-state index contributed by atoms with van der Waals surface area (Å²) in [5, 5.41) is 10.4. The molecule has 0 aliphatic carbocycles. The molecule has 2 aromatic rings. The third kappa shape index (κ3) is 4.08. The van der Waals surface area contributed by atoms with Crippen molar-refractivity contribution < 1.29 is 14.6 Å². The Morgan fingerprint density at radius 3 is 2.77 bits per heavy atom. The SMILES string of the molecule is CCCN(CC(O)COc1cccc(C)c1)C1=Nc2ccccc2[N+]1=O. The summed E-state index contributed by atoms with van der Waals surface area (Å²) in [5.74, 6) is 1.05. The standard InChI is InChI=1S/C20H24N3O3/c1-3-11-22(20-21-18-9-4-5-10-19(18)23(20)25)13-16(24)14-26-17-8-6-7-15(2)12-17/h4-10,12,16,24H,3,11,13-14H2,1-2H3/q+1. The molecule has 136 valence electrons. The van der Waals surface area contributed by atoms with Crippen LogP contribution in [0.5, 0.6) is 5.75 Å². The number of benzene rings is 2. The Kier molecular flexibility index (Phi) is 5.63. The van der Waals surface area contributed by atoms with Gasteiger partial charge in [0.15, 0.2) is 11.4 Å². The first-order valence-corrected chi connectivity index (χ1v) is 8.86. The number of para-hydroxylation sites is 2. The summed E-state index contributed by atoms with van der Waals surface area (Å²) in [6.07, 6.45) is 0.108. The lowest BCUT2D eigenvalue weighted by atomic mass is 10.2. The highest BCUT2D eigenvalue weighted by molar-refractivity contribution is 5.85. The highest BCUT2D eigenvalue weighted by Gasteiger charge is 2.36. The molecule has 0 spiro atoms. The average Bonchev–Trinajstić information content (AvgIpc) is 2.97. The molecular weight excluding hydrogens is 330 g/mol. The fourth-order valence-electron chi connectivity index (χ4n) is 2.94. The molecule has 0 aromatic heterocycles. The molecule has 0 fully saturated rings. The van der Waals surface area contributed by atoms with Crippen molar-refractivity contribution in [3.05, 3.63) is 59.0 Å². The van der Waals surface area contributed by atoms with Crippen LogP contribution in [-0.4, -0.2) is 46.5 Å². The lowest BCUT2D eigenvalue weighted by Crippen LogP contribution is -2.42. The zero-order valence-corrected chi connectivity index (χ0v) is 15.1. The minimum Gasteiger partial charge on any atom is -0.491 e. The number of aryl methyl sites for hydroxylation is 1. The number of hydrogen-bond acceptors (Lipinski definition) is 5. The highest BCUT2D eigenvalue weighted by atomic mass is 16.5. The van der Waals surface area contributed by atoms with Gasteiger partial charge in [-0.25, -0.2) is 0 Å². The van der Waals surface area contributed by atoms with E-state index >= 15 is 0 Å². The topological polar surface area (TPSA) is 65.1 Å². The molecule has 6 heteroatoms. The van der Waals surface area contributed by atoms with Gasteiger partial charge in [0.25, 0.3) is 0 Å². The Labute approximate surface area is 153 Å². The molecule has 2 aromatic carbocycles. The van der Waals surface area contributed by atoms with E-state index in [1.807, 2.05) is 61.2 Å². The summed E-state index contributed by atoms with van der Waals surface area (Å²) in [5.41, 5.74) is 2.29. The first-order chi connectivity index (χ1) is 12.6. The number of aliphatic imine (C=N–C) groups is 1. The largest absolute Gasteiger partial charge is 0.491 e. The van der Waals surface area contributed by atoms with Gasteiger partial charge in [-0.1, -0.05) is 41.1 Å². The lowest BCUT2D eigenvalue weighted by Gasteiger charge is -2.19. The van der Waals surface area contributed by atoms with Gasteiger partial charge in [0.1, 0.15) is 18.5 Å². The van der Waals surface area contributed by atoms with Crippen molar-refractivity contribution in [2.45, 2.75) is 26.4 Å². The second kappa shape index (κ2) is 8.10. The molecule has 0 radical (unpaired) electrons. The van der Waals surface area contributed by atoms with Gasteiger partial charge in [0, 0.05) is 4.76 Å². The van der Waals surface area contributed by atoms with Crippen LogP contribution in [0.4, 0.5) is 11.4 Å². The minimum atomic E-state index is -0.734. The van der Waals surface area contributed by atoms with Gasteiger partial charge in [0.2, 0.25) is 0 Å². The molecule has 1 aliphatic rings. The molecule has 1 atom stereocenters. The fourth-order valence-corrected chi connectivity index (χ4v) is 2.94. The molecule has 26 heavy (non-hydrogen) atoms. The van der Waals surface area contributed by atoms with Crippen LogP contribution in [0.3, 0.4) is 0 Å². The summed E-state index contributed by atoms with van der Waals surface area (Å²) in [6.45, 7) is 5.09. The third-order valence-corrected chi connectivity index (χ3v) is 4.14. The van der Waals surface area contributed by atoms with Crippen molar-refractivity contribution in [2.75, 3.05) is 19.7 Å². The zero-order valence-electron chi connectivity index (χ0n) is 15.1. The van der Waals surface area contributed by atoms with Crippen LogP contribution in [0.1, 0.15) is 18.9 Å². The van der Waals surface area contributed by atoms with Crippen molar-refractivity contribution >= 4 is 17.3 Å². The normalized spacial score (nSPS) is 14.0. The maximum atomic E-state index is 12.5. The first-order valence-electron chi connectivity index (χ1n) is 8.86. The number of aliphatic hydroxyl groups excluding tert-OH is 1. The monoisotopic (exact) mass is 354 g/mol. The number of guanidine groups is 1. The van der Waals surface area contributed by atoms with Gasteiger partial charge < -0.3 is 9.84 Å². The summed E-state index contributed by atoms with van der Waals surface area (Å²) in [7, 11) is 0. The van der Waals surface area contributed by atoms with Crippen molar-refractivity contribution in [3.8, 4) is 5.75 Å². The van der Waals surface area contributed by atoms with E-state index in [1.165, 1.54) is 0 Å². The van der Waals surface area contributed by atoms with Gasteiger partial charge in [-0.05, 0) is 43.2 Å². The molecule has 0 amide bonds. The maximum Gasteiger partial charge on any atom is 0.436 e. The summed E-state index contributed by atoms with van der Waals surface area (Å²) in [6, 6.07) is 14.9. The van der Waals surface area contributed by atoms with E-state index in [4.69, 9.17) is 4.74 Å². The molecule has 3 rings (SSSR count). The molecule has 1 heterocycles. The Balaban J connectivity index is 1.64. The molecule has 0 saturated carbocycles. The van der Waals surface area contributed by atoms with Gasteiger partial charge in [-0.2, -0.15) is 0 Å². The first kappa shape index (κ1) is 18.1. The predicted molar refractivity (Wildman–Crippen MR) is 101 cm³/mol. The molecular formula is C20H24N3O3+. The lowest BCUT2D eigenvalue weighted by molar-refractivity contribution is -0.340. The highest BCUT2D eigenvalue weighted by Crippen LogP contribution is 2.33. The number of nitrogens with zero attached hydrogens (tertiary/aromatic N) is 3. The molecule has 6 nitrogen and oxygen atoms in total. The van der Waals surface area contributed by atoms with Gasteiger partial charge in [-0.3, -0.25) is 4.90 Å². The second-order valence-electron chi connectivity index (χ2n) is 6.42. The number of hydrogen-bond donors (Lipinski definition) is 1. The van der Waals surface area contributed by atoms with E-state index < -0.39 is 6.10 Å². The van der Waals surface area contributed by atoms with Crippen molar-refractivity contribution in [1.82, 2.24) is 4.90 Å². The van der Waals surface area contributed by atoms with E-state index in [-0.39, 0.29) is 13.2 Å². The number of fused-ring (bicyclic) bond motifs is 1. The second-order valence-corrected chi connectivity index (χ2v) is 6.42. The number of ether oxygens (including phenoxy) is 1. The van der Waals surface area contributed by atoms with Gasteiger partial charge in [-0.15, -0.1) is 0 Å². The van der Waals surface area contributed by atoms with Gasteiger partial charge in [0.05, 0.1) is 13.1 Å². The molecule has 0 saturated heterocycles. The van der Waals surface area contributed by atoms with Crippen LogP contribution in [0.2, 0.25) is 0 Å². The van der Waals surface area contributed by atoms with E-state index in [1.54, 1.807) is 6.07 Å². The van der Waals surface area contributed by atoms with E-state index in [0.717, 1.165) is 22.5 Å². The van der Waals surface area contributed by atoms with Crippen molar-refractivity contribution in [3.63, 3.8) is 0 Å². The number of aliphatic hydroxyl groups is 1. The van der Waals surface area contributed by atoms with Crippen LogP contribution in [0.15, 0.2) is 53.5 Å². The molecule has 1 N–H and O–H groups in total. The van der Waals surface area contributed by atoms with Crippen LogP contribution in [0.25, 0.3) is 0 Å². The van der Waals surface area contributed by atoms with Crippen molar-refractivity contribution in [2.24, 2.45) is 4.99 Å². The Hall–Kier alpha value is -2.73. The maximum absolute atomic E-state index is 12.5. The predicted octanol–water partition coefficient (Wildman–Crippen LogP) is 3.56. The van der Waals surface area contributed by atoms with Crippen LogP contribution >= 0.6 is 0 Å². The number of rotatable bonds is 7.